The molecule has 9 nitrogen and oxygen atoms in total. The van der Waals surface area contributed by atoms with Crippen LogP contribution < -0.4 is 26.0 Å². The summed E-state index contributed by atoms with van der Waals surface area (Å²) in [5, 5.41) is 11.6. The molecule has 0 aliphatic rings. The Bertz CT molecular complexity index is 1250. The van der Waals surface area contributed by atoms with Crippen LogP contribution in [-0.2, 0) is 4.79 Å². The fourth-order valence-electron chi connectivity index (χ4n) is 3.10. The lowest BCUT2D eigenvalue weighted by Crippen LogP contribution is -2.23. The van der Waals surface area contributed by atoms with Crippen molar-refractivity contribution in [2.75, 3.05) is 34.4 Å². The molecule has 0 fully saturated rings. The number of carbonyl (C=O) groups excluding carboxylic acids is 1. The van der Waals surface area contributed by atoms with Crippen LogP contribution in [0.4, 0.5) is 43.7 Å². The molecule has 4 rings (SSSR count). The molecule has 11 heteroatoms. The lowest BCUT2D eigenvalue weighted by molar-refractivity contribution is -0.114. The maximum atomic E-state index is 13.3. The predicted molar refractivity (Wildman–Crippen MR) is 134 cm³/mol. The van der Waals surface area contributed by atoms with Crippen LogP contribution >= 0.6 is 0 Å². The molecule has 0 atom stereocenters. The molecule has 36 heavy (non-hydrogen) atoms. The van der Waals surface area contributed by atoms with E-state index in [0.717, 1.165) is 0 Å². The van der Waals surface area contributed by atoms with Gasteiger partial charge in [-0.3, -0.25) is 4.79 Å². The largest absolute Gasteiger partial charge is 0.492 e. The van der Waals surface area contributed by atoms with Gasteiger partial charge in [0.05, 0.1) is 18.8 Å². The van der Waals surface area contributed by atoms with Crippen molar-refractivity contribution < 1.29 is 18.3 Å². The first-order valence-electron chi connectivity index (χ1n) is 11.1. The molecular formula is C25H23F2N7O2. The van der Waals surface area contributed by atoms with Gasteiger partial charge in [-0.05, 0) is 67.6 Å². The highest BCUT2D eigenvalue weighted by Crippen LogP contribution is 2.24. The van der Waals surface area contributed by atoms with E-state index < -0.39 is 0 Å². The summed E-state index contributed by atoms with van der Waals surface area (Å²) in [6.45, 7) is 2.18. The van der Waals surface area contributed by atoms with Gasteiger partial charge in [0.15, 0.2) is 0 Å². The first-order chi connectivity index (χ1) is 17.5. The minimum Gasteiger partial charge on any atom is -0.492 e. The van der Waals surface area contributed by atoms with Crippen molar-refractivity contribution in [1.82, 2.24) is 15.0 Å². The molecule has 1 heterocycles. The monoisotopic (exact) mass is 491 g/mol. The molecule has 0 radical (unpaired) electrons. The lowest BCUT2D eigenvalue weighted by atomic mass is 10.3. The number of rotatable bonds is 10. The molecule has 0 spiro atoms. The zero-order valence-electron chi connectivity index (χ0n) is 19.3. The van der Waals surface area contributed by atoms with Crippen LogP contribution in [0, 0.1) is 11.6 Å². The van der Waals surface area contributed by atoms with Gasteiger partial charge < -0.3 is 26.0 Å². The molecule has 0 unspecified atom stereocenters. The molecule has 1 aromatic heterocycles. The Morgan fingerprint density at radius 2 is 1.31 bits per heavy atom. The molecule has 0 saturated carbocycles. The van der Waals surface area contributed by atoms with Gasteiger partial charge in [-0.2, -0.15) is 15.0 Å². The quantitative estimate of drug-likeness (QED) is 0.243. The van der Waals surface area contributed by atoms with E-state index in [2.05, 4.69) is 36.2 Å². The summed E-state index contributed by atoms with van der Waals surface area (Å²) in [6, 6.07) is 18.4. The summed E-state index contributed by atoms with van der Waals surface area (Å²) in [5.74, 6) is -0.152. The second kappa shape index (κ2) is 11.6. The van der Waals surface area contributed by atoms with Crippen LogP contribution in [0.25, 0.3) is 0 Å². The number of halogens is 2. The number of amides is 1. The van der Waals surface area contributed by atoms with Gasteiger partial charge in [-0.1, -0.05) is 12.1 Å². The predicted octanol–water partition coefficient (Wildman–Crippen LogP) is 5.09. The van der Waals surface area contributed by atoms with Crippen LogP contribution in [-0.4, -0.2) is 34.0 Å². The first kappa shape index (κ1) is 24.3. The Kier molecular flexibility index (Phi) is 7.81. The third kappa shape index (κ3) is 6.86. The number of nitrogens with zero attached hydrogens (tertiary/aromatic N) is 3. The normalized spacial score (nSPS) is 10.4. The number of anilines is 6. The number of aromatic nitrogens is 3. The number of carbonyl (C=O) groups is 1. The average Bonchev–Trinajstić information content (AvgIpc) is 2.87. The highest BCUT2D eigenvalue weighted by Gasteiger charge is 2.11. The zero-order valence-corrected chi connectivity index (χ0v) is 19.3. The molecule has 0 saturated heterocycles. The van der Waals surface area contributed by atoms with Gasteiger partial charge in [0.25, 0.3) is 0 Å². The summed E-state index contributed by atoms with van der Waals surface area (Å²) in [6.07, 6.45) is 0. The SMILES string of the molecule is CCOc1ccccc1NC(=O)CNc1nc(Nc2ccc(F)cc2)nc(Nc2ccc(F)cc2)n1. The van der Waals surface area contributed by atoms with Crippen LogP contribution in [0.5, 0.6) is 5.75 Å². The van der Waals surface area contributed by atoms with E-state index in [9.17, 15) is 13.6 Å². The fourth-order valence-corrected chi connectivity index (χ4v) is 3.10. The van der Waals surface area contributed by atoms with Crippen LogP contribution in [0.15, 0.2) is 72.8 Å². The Labute approximate surface area is 206 Å². The van der Waals surface area contributed by atoms with E-state index in [1.165, 1.54) is 48.5 Å². The van der Waals surface area contributed by atoms with Crippen molar-refractivity contribution >= 4 is 40.8 Å². The highest BCUT2D eigenvalue weighted by atomic mass is 19.1. The fraction of sp³-hybridized carbons (Fsp3) is 0.120. The van der Waals surface area contributed by atoms with Gasteiger partial charge in [-0.15, -0.1) is 0 Å². The standard InChI is InChI=1S/C25H23F2N7O2/c1-2-36-21-6-4-3-5-20(21)31-22(35)15-28-23-32-24(29-18-11-7-16(26)8-12-18)34-25(33-23)30-19-13-9-17(27)10-14-19/h3-14H,2,15H2,1H3,(H,31,35)(H3,28,29,30,32,33,34). The van der Waals surface area contributed by atoms with Crippen molar-refractivity contribution in [3.05, 3.63) is 84.4 Å². The van der Waals surface area contributed by atoms with Crippen molar-refractivity contribution in [2.45, 2.75) is 6.92 Å². The van der Waals surface area contributed by atoms with Gasteiger partial charge in [0.1, 0.15) is 17.4 Å². The van der Waals surface area contributed by atoms with Crippen molar-refractivity contribution in [3.63, 3.8) is 0 Å². The maximum Gasteiger partial charge on any atom is 0.243 e. The first-order valence-corrected chi connectivity index (χ1v) is 11.1. The summed E-state index contributed by atoms with van der Waals surface area (Å²) in [7, 11) is 0. The number of hydrogen-bond acceptors (Lipinski definition) is 8. The third-order valence-electron chi connectivity index (χ3n) is 4.70. The topological polar surface area (TPSA) is 113 Å². The molecule has 4 aromatic rings. The zero-order chi connectivity index (χ0) is 25.3. The van der Waals surface area contributed by atoms with Gasteiger partial charge >= 0.3 is 0 Å². The second-order valence-corrected chi connectivity index (χ2v) is 7.40. The van der Waals surface area contributed by atoms with Crippen LogP contribution in [0.1, 0.15) is 6.92 Å². The Morgan fingerprint density at radius 3 is 1.86 bits per heavy atom. The molecule has 0 aliphatic heterocycles. The molecule has 0 bridgehead atoms. The molecule has 4 N–H and O–H groups in total. The number of nitrogens with one attached hydrogen (secondary N) is 4. The number of hydrogen-bond donors (Lipinski definition) is 4. The number of ether oxygens (including phenoxy) is 1. The Balaban J connectivity index is 1.50. The molecule has 0 aliphatic carbocycles. The van der Waals surface area contributed by atoms with Crippen molar-refractivity contribution in [3.8, 4) is 5.75 Å². The van der Waals surface area contributed by atoms with Crippen molar-refractivity contribution in [1.29, 1.82) is 0 Å². The van der Waals surface area contributed by atoms with E-state index in [4.69, 9.17) is 4.74 Å². The minimum atomic E-state index is -0.380. The van der Waals surface area contributed by atoms with Gasteiger partial charge in [-0.25, -0.2) is 8.78 Å². The highest BCUT2D eigenvalue weighted by molar-refractivity contribution is 5.94. The molecule has 184 valence electrons. The summed E-state index contributed by atoms with van der Waals surface area (Å²) < 4.78 is 32.1. The van der Waals surface area contributed by atoms with Crippen LogP contribution in [0.3, 0.4) is 0 Å². The van der Waals surface area contributed by atoms with E-state index in [-0.39, 0.29) is 41.9 Å². The Hall–Kier alpha value is -4.80. The molecular weight excluding hydrogens is 468 g/mol. The van der Waals surface area contributed by atoms with Gasteiger partial charge in [0.2, 0.25) is 23.8 Å². The lowest BCUT2D eigenvalue weighted by Gasteiger charge is -2.13. The number of para-hydroxylation sites is 2. The summed E-state index contributed by atoms with van der Waals surface area (Å²) >= 11 is 0. The molecule has 3 aromatic carbocycles. The van der Waals surface area contributed by atoms with E-state index >= 15 is 0 Å². The summed E-state index contributed by atoms with van der Waals surface area (Å²) in [4.78, 5) is 25.4. The third-order valence-corrected chi connectivity index (χ3v) is 4.70. The summed E-state index contributed by atoms with van der Waals surface area (Å²) in [5.41, 5.74) is 1.64. The van der Waals surface area contributed by atoms with E-state index in [1.54, 1.807) is 18.2 Å². The minimum absolute atomic E-state index is 0.104. The maximum absolute atomic E-state index is 13.3. The molecule has 1 amide bonds. The van der Waals surface area contributed by atoms with Crippen LogP contribution in [0.2, 0.25) is 0 Å². The van der Waals surface area contributed by atoms with Crippen molar-refractivity contribution in [2.24, 2.45) is 0 Å². The van der Waals surface area contributed by atoms with E-state index in [1.807, 2.05) is 13.0 Å². The smallest absolute Gasteiger partial charge is 0.243 e. The van der Waals surface area contributed by atoms with Gasteiger partial charge in [0, 0.05) is 11.4 Å². The second-order valence-electron chi connectivity index (χ2n) is 7.40. The average molecular weight is 492 g/mol. The Morgan fingerprint density at radius 1 is 0.778 bits per heavy atom. The number of benzene rings is 3. The van der Waals surface area contributed by atoms with E-state index in [0.29, 0.717) is 29.4 Å².